The highest BCUT2D eigenvalue weighted by atomic mass is 16.4. The monoisotopic (exact) mass is 174 g/mol. The van der Waals surface area contributed by atoms with Gasteiger partial charge in [0.05, 0.1) is 0 Å². The molecule has 4 N–H and O–H groups in total. The molecule has 68 valence electrons. The van der Waals surface area contributed by atoms with Gasteiger partial charge in [-0.15, -0.1) is 0 Å². The summed E-state index contributed by atoms with van der Waals surface area (Å²) in [6.07, 6.45) is -1.03. The molecule has 0 aliphatic carbocycles. The normalized spacial score (nSPS) is 28.9. The molecule has 1 fully saturated rings. The van der Waals surface area contributed by atoms with Gasteiger partial charge in [-0.05, 0) is 6.42 Å². The fraction of sp³-hybridized carbons (Fsp3) is 0.667. The molecule has 2 atom stereocenters. The number of carboxylic acids is 1. The lowest BCUT2D eigenvalue weighted by Crippen LogP contribution is -2.39. The predicted octanol–water partition coefficient (Wildman–Crippen LogP) is -0.849. The smallest absolute Gasteiger partial charge is 0.408 e. The van der Waals surface area contributed by atoms with Crippen molar-refractivity contribution >= 4 is 12.1 Å². The first-order valence-electron chi connectivity index (χ1n) is 3.50. The largest absolute Gasteiger partial charge is 0.480 e. The molecule has 6 heteroatoms. The second-order valence-electron chi connectivity index (χ2n) is 2.78. The van der Waals surface area contributed by atoms with Crippen LogP contribution in [0, 0.1) is 0 Å². The SMILES string of the molecule is N[C@@H]1C[C@@H](C(=O)O)N(C(=O)O)C1. The number of rotatable bonds is 1. The topological polar surface area (TPSA) is 104 Å². The van der Waals surface area contributed by atoms with Crippen LogP contribution in [-0.4, -0.2) is 45.8 Å². The Kier molecular flexibility index (Phi) is 2.18. The van der Waals surface area contributed by atoms with E-state index in [1.54, 1.807) is 0 Å². The van der Waals surface area contributed by atoms with Gasteiger partial charge in [0.1, 0.15) is 6.04 Å². The maximum atomic E-state index is 10.5. The fourth-order valence-electron chi connectivity index (χ4n) is 1.31. The van der Waals surface area contributed by atoms with Crippen molar-refractivity contribution in [2.45, 2.75) is 18.5 Å². The molecule has 0 aromatic carbocycles. The lowest BCUT2D eigenvalue weighted by atomic mass is 10.2. The zero-order chi connectivity index (χ0) is 9.30. The van der Waals surface area contributed by atoms with Crippen molar-refractivity contribution in [1.29, 1.82) is 0 Å². The lowest BCUT2D eigenvalue weighted by molar-refractivity contribution is -0.141. The van der Waals surface area contributed by atoms with Crippen molar-refractivity contribution in [2.75, 3.05) is 6.54 Å². The van der Waals surface area contributed by atoms with Crippen molar-refractivity contribution in [3.63, 3.8) is 0 Å². The number of carbonyl (C=O) groups is 2. The Morgan fingerprint density at radius 3 is 2.33 bits per heavy atom. The number of nitrogens with zero attached hydrogens (tertiary/aromatic N) is 1. The quantitative estimate of drug-likeness (QED) is 0.480. The van der Waals surface area contributed by atoms with E-state index in [-0.39, 0.29) is 19.0 Å². The predicted molar refractivity (Wildman–Crippen MR) is 38.7 cm³/mol. The summed E-state index contributed by atoms with van der Waals surface area (Å²) >= 11 is 0. The van der Waals surface area contributed by atoms with E-state index in [2.05, 4.69) is 0 Å². The Balaban J connectivity index is 2.72. The Morgan fingerprint density at radius 1 is 1.42 bits per heavy atom. The van der Waals surface area contributed by atoms with Crippen LogP contribution in [-0.2, 0) is 4.79 Å². The third kappa shape index (κ3) is 1.48. The first-order valence-corrected chi connectivity index (χ1v) is 3.50. The number of carboxylic acid groups (broad SMARTS) is 2. The highest BCUT2D eigenvalue weighted by molar-refractivity contribution is 5.80. The van der Waals surface area contributed by atoms with E-state index in [1.807, 2.05) is 0 Å². The summed E-state index contributed by atoms with van der Waals surface area (Å²) in [5.41, 5.74) is 5.42. The molecule has 0 saturated carbocycles. The minimum atomic E-state index is -1.23. The van der Waals surface area contributed by atoms with Crippen LogP contribution in [0.25, 0.3) is 0 Å². The van der Waals surface area contributed by atoms with Crippen molar-refractivity contribution in [3.8, 4) is 0 Å². The average Bonchev–Trinajstić information content (AvgIpc) is 2.31. The van der Waals surface area contributed by atoms with Gasteiger partial charge in [-0.25, -0.2) is 9.59 Å². The molecule has 0 radical (unpaired) electrons. The van der Waals surface area contributed by atoms with E-state index in [1.165, 1.54) is 0 Å². The Bertz CT molecular complexity index is 196. The van der Waals surface area contributed by atoms with Crippen LogP contribution in [0.5, 0.6) is 0 Å². The Labute approximate surface area is 68.6 Å². The third-order valence-corrected chi connectivity index (χ3v) is 1.86. The molecule has 1 saturated heterocycles. The van der Waals surface area contributed by atoms with Crippen molar-refractivity contribution in [1.82, 2.24) is 4.90 Å². The third-order valence-electron chi connectivity index (χ3n) is 1.86. The van der Waals surface area contributed by atoms with Gasteiger partial charge in [-0.1, -0.05) is 0 Å². The Hall–Kier alpha value is -1.30. The maximum absolute atomic E-state index is 10.5. The van der Waals surface area contributed by atoms with Gasteiger partial charge in [0.15, 0.2) is 0 Å². The van der Waals surface area contributed by atoms with Crippen LogP contribution in [0.3, 0.4) is 0 Å². The van der Waals surface area contributed by atoms with Crippen LogP contribution in [0.1, 0.15) is 6.42 Å². The maximum Gasteiger partial charge on any atom is 0.408 e. The lowest BCUT2D eigenvalue weighted by Gasteiger charge is -2.16. The summed E-state index contributed by atoms with van der Waals surface area (Å²) in [5.74, 6) is -1.13. The molecule has 0 spiro atoms. The van der Waals surface area contributed by atoms with E-state index < -0.39 is 18.1 Å². The van der Waals surface area contributed by atoms with Crippen molar-refractivity contribution in [3.05, 3.63) is 0 Å². The zero-order valence-corrected chi connectivity index (χ0v) is 6.30. The van der Waals surface area contributed by atoms with Crippen LogP contribution in [0.4, 0.5) is 4.79 Å². The van der Waals surface area contributed by atoms with Crippen LogP contribution in [0.2, 0.25) is 0 Å². The number of amides is 1. The van der Waals surface area contributed by atoms with E-state index in [0.717, 1.165) is 4.90 Å². The minimum Gasteiger partial charge on any atom is -0.480 e. The molecular formula is C6H10N2O4. The molecule has 6 nitrogen and oxygen atoms in total. The zero-order valence-electron chi connectivity index (χ0n) is 6.30. The van der Waals surface area contributed by atoms with Crippen LogP contribution < -0.4 is 5.73 Å². The van der Waals surface area contributed by atoms with E-state index in [9.17, 15) is 9.59 Å². The highest BCUT2D eigenvalue weighted by Crippen LogP contribution is 2.16. The number of likely N-dealkylation sites (tertiary alicyclic amines) is 1. The summed E-state index contributed by atoms with van der Waals surface area (Å²) in [4.78, 5) is 21.8. The van der Waals surface area contributed by atoms with Gasteiger partial charge < -0.3 is 15.9 Å². The van der Waals surface area contributed by atoms with Gasteiger partial charge in [0.2, 0.25) is 0 Å². The summed E-state index contributed by atoms with van der Waals surface area (Å²) in [6, 6.07) is -1.33. The highest BCUT2D eigenvalue weighted by Gasteiger charge is 2.38. The van der Waals surface area contributed by atoms with Gasteiger partial charge in [0, 0.05) is 12.6 Å². The molecule has 12 heavy (non-hydrogen) atoms. The molecule has 1 aliphatic rings. The Morgan fingerprint density at radius 2 is 2.00 bits per heavy atom. The second-order valence-corrected chi connectivity index (χ2v) is 2.78. The molecule has 1 rings (SSSR count). The molecule has 1 heterocycles. The first kappa shape index (κ1) is 8.79. The average molecular weight is 174 g/mol. The first-order chi connectivity index (χ1) is 5.52. The standard InChI is InChI=1S/C6H10N2O4/c7-3-1-4(5(9)10)8(2-3)6(11)12/h3-4H,1-2,7H2,(H,9,10)(H,11,12)/t3-,4+/m1/s1. The molecule has 1 amide bonds. The summed E-state index contributed by atoms with van der Waals surface area (Å²) in [7, 11) is 0. The second kappa shape index (κ2) is 2.98. The van der Waals surface area contributed by atoms with E-state index in [0.29, 0.717) is 0 Å². The minimum absolute atomic E-state index is 0.103. The number of hydrogen-bond acceptors (Lipinski definition) is 3. The molecule has 0 aromatic rings. The van der Waals surface area contributed by atoms with E-state index in [4.69, 9.17) is 15.9 Å². The van der Waals surface area contributed by atoms with Gasteiger partial charge in [-0.2, -0.15) is 0 Å². The summed E-state index contributed by atoms with van der Waals surface area (Å²) in [5, 5.41) is 17.1. The fourth-order valence-corrected chi connectivity index (χ4v) is 1.31. The number of hydrogen-bond donors (Lipinski definition) is 3. The summed E-state index contributed by atoms with van der Waals surface area (Å²) in [6.45, 7) is 0.103. The van der Waals surface area contributed by atoms with E-state index >= 15 is 0 Å². The summed E-state index contributed by atoms with van der Waals surface area (Å²) < 4.78 is 0. The van der Waals surface area contributed by atoms with Crippen LogP contribution in [0.15, 0.2) is 0 Å². The molecular weight excluding hydrogens is 164 g/mol. The molecule has 0 unspecified atom stereocenters. The molecule has 0 aromatic heterocycles. The molecule has 0 bridgehead atoms. The molecule has 1 aliphatic heterocycles. The number of nitrogens with two attached hydrogens (primary N) is 1. The van der Waals surface area contributed by atoms with Crippen molar-refractivity contribution in [2.24, 2.45) is 5.73 Å². The van der Waals surface area contributed by atoms with Gasteiger partial charge in [0.25, 0.3) is 0 Å². The van der Waals surface area contributed by atoms with Crippen LogP contribution >= 0.6 is 0 Å². The van der Waals surface area contributed by atoms with Gasteiger partial charge in [-0.3, -0.25) is 4.90 Å². The number of aliphatic carboxylic acids is 1. The van der Waals surface area contributed by atoms with Gasteiger partial charge >= 0.3 is 12.1 Å². The van der Waals surface area contributed by atoms with Crippen molar-refractivity contribution < 1.29 is 19.8 Å².